The number of hydrogen-bond donors (Lipinski definition) is 0. The topological polar surface area (TPSA) is 0 Å². The highest BCUT2D eigenvalue weighted by atomic mass is 32.1. The highest BCUT2D eigenvalue weighted by Gasteiger charge is 2.22. The van der Waals surface area contributed by atoms with Crippen LogP contribution in [0.15, 0.2) is 42.5 Å². The van der Waals surface area contributed by atoms with E-state index in [1.807, 2.05) is 11.3 Å². The van der Waals surface area contributed by atoms with Gasteiger partial charge < -0.3 is 0 Å². The highest BCUT2D eigenvalue weighted by molar-refractivity contribution is 7.25. The fourth-order valence-electron chi connectivity index (χ4n) is 2.53. The molecule has 0 aliphatic rings. The maximum atomic E-state index is 2.34. The van der Waals surface area contributed by atoms with E-state index in [-0.39, 0.29) is 5.41 Å². The number of rotatable bonds is 2. The highest BCUT2D eigenvalue weighted by Crippen LogP contribution is 2.40. The standard InChI is InChI=1S/C17H18S/c1-4-17(2,3)13-9-7-11-15-16(13)12-8-5-6-10-14(12)18-15/h5-11H,4H2,1-3H3. The minimum atomic E-state index is 0.239. The molecule has 1 heterocycles. The van der Waals surface area contributed by atoms with Gasteiger partial charge in [-0.2, -0.15) is 0 Å². The molecule has 18 heavy (non-hydrogen) atoms. The van der Waals surface area contributed by atoms with Crippen molar-refractivity contribution in [1.29, 1.82) is 0 Å². The summed E-state index contributed by atoms with van der Waals surface area (Å²) in [4.78, 5) is 0. The Bertz CT molecular complexity index is 704. The zero-order valence-corrected chi connectivity index (χ0v) is 12.0. The molecule has 0 saturated carbocycles. The van der Waals surface area contributed by atoms with Crippen LogP contribution in [0.3, 0.4) is 0 Å². The first kappa shape index (κ1) is 11.7. The van der Waals surface area contributed by atoms with Gasteiger partial charge in [0.25, 0.3) is 0 Å². The van der Waals surface area contributed by atoms with Crippen LogP contribution < -0.4 is 0 Å². The Labute approximate surface area is 112 Å². The second kappa shape index (κ2) is 4.10. The lowest BCUT2D eigenvalue weighted by molar-refractivity contribution is 0.511. The second-order valence-electron chi connectivity index (χ2n) is 5.51. The average Bonchev–Trinajstić information content (AvgIpc) is 2.76. The summed E-state index contributed by atoms with van der Waals surface area (Å²) in [5, 5.41) is 2.87. The van der Waals surface area contributed by atoms with Gasteiger partial charge in [0.05, 0.1) is 0 Å². The molecule has 0 fully saturated rings. The Hall–Kier alpha value is -1.34. The van der Waals surface area contributed by atoms with Gasteiger partial charge in [-0.3, -0.25) is 0 Å². The SMILES string of the molecule is CCC(C)(C)c1cccc2sc3ccccc3c12. The van der Waals surface area contributed by atoms with E-state index in [0.29, 0.717) is 0 Å². The molecular formula is C17H18S. The van der Waals surface area contributed by atoms with Crippen molar-refractivity contribution in [1.82, 2.24) is 0 Å². The molecule has 0 amide bonds. The molecule has 0 aliphatic heterocycles. The van der Waals surface area contributed by atoms with Crippen molar-refractivity contribution in [3.8, 4) is 0 Å². The Morgan fingerprint density at radius 3 is 2.44 bits per heavy atom. The van der Waals surface area contributed by atoms with Crippen molar-refractivity contribution in [3.63, 3.8) is 0 Å². The van der Waals surface area contributed by atoms with Crippen LogP contribution in [-0.2, 0) is 5.41 Å². The quantitative estimate of drug-likeness (QED) is 0.547. The van der Waals surface area contributed by atoms with E-state index in [0.717, 1.165) is 6.42 Å². The maximum Gasteiger partial charge on any atom is 0.0358 e. The van der Waals surface area contributed by atoms with Gasteiger partial charge in [0, 0.05) is 20.2 Å². The van der Waals surface area contributed by atoms with Crippen molar-refractivity contribution in [3.05, 3.63) is 48.0 Å². The molecule has 0 unspecified atom stereocenters. The summed E-state index contributed by atoms with van der Waals surface area (Å²) in [7, 11) is 0. The number of hydrogen-bond acceptors (Lipinski definition) is 1. The molecule has 0 N–H and O–H groups in total. The van der Waals surface area contributed by atoms with E-state index in [4.69, 9.17) is 0 Å². The van der Waals surface area contributed by atoms with Gasteiger partial charge in [0.15, 0.2) is 0 Å². The van der Waals surface area contributed by atoms with E-state index in [2.05, 4.69) is 63.2 Å². The average molecular weight is 254 g/mol. The largest absolute Gasteiger partial charge is 0.135 e. The van der Waals surface area contributed by atoms with Gasteiger partial charge in [-0.05, 0) is 29.5 Å². The second-order valence-corrected chi connectivity index (χ2v) is 6.60. The number of thiophene rings is 1. The lowest BCUT2D eigenvalue weighted by atomic mass is 9.80. The molecule has 0 nitrogen and oxygen atoms in total. The molecule has 0 atom stereocenters. The number of benzene rings is 2. The first-order valence-corrected chi connectivity index (χ1v) is 7.36. The predicted molar refractivity (Wildman–Crippen MR) is 82.6 cm³/mol. The summed E-state index contributed by atoms with van der Waals surface area (Å²) in [6.45, 7) is 6.95. The van der Waals surface area contributed by atoms with Crippen LogP contribution in [0, 0.1) is 0 Å². The first-order chi connectivity index (χ1) is 8.63. The van der Waals surface area contributed by atoms with Crippen LogP contribution in [0.5, 0.6) is 0 Å². The molecule has 2 aromatic carbocycles. The van der Waals surface area contributed by atoms with Crippen LogP contribution in [0.4, 0.5) is 0 Å². The maximum absolute atomic E-state index is 2.34. The van der Waals surface area contributed by atoms with Gasteiger partial charge in [-0.15, -0.1) is 11.3 Å². The van der Waals surface area contributed by atoms with E-state index in [1.165, 1.54) is 25.7 Å². The van der Waals surface area contributed by atoms with Gasteiger partial charge in [-0.1, -0.05) is 51.1 Å². The van der Waals surface area contributed by atoms with Crippen molar-refractivity contribution in [2.45, 2.75) is 32.6 Å². The molecule has 92 valence electrons. The molecule has 0 bridgehead atoms. The van der Waals surface area contributed by atoms with E-state index < -0.39 is 0 Å². The monoisotopic (exact) mass is 254 g/mol. The molecule has 3 aromatic rings. The number of fused-ring (bicyclic) bond motifs is 3. The van der Waals surface area contributed by atoms with E-state index in [9.17, 15) is 0 Å². The molecule has 0 radical (unpaired) electrons. The van der Waals surface area contributed by atoms with Gasteiger partial charge in [0.1, 0.15) is 0 Å². The molecule has 0 aliphatic carbocycles. The van der Waals surface area contributed by atoms with Crippen molar-refractivity contribution in [2.75, 3.05) is 0 Å². The lowest BCUT2D eigenvalue weighted by Crippen LogP contribution is -2.15. The summed E-state index contributed by atoms with van der Waals surface area (Å²) >= 11 is 1.90. The van der Waals surface area contributed by atoms with E-state index in [1.54, 1.807) is 0 Å². The van der Waals surface area contributed by atoms with Crippen LogP contribution in [0.25, 0.3) is 20.2 Å². The summed E-state index contributed by atoms with van der Waals surface area (Å²) in [5.74, 6) is 0. The molecule has 1 aromatic heterocycles. The predicted octanol–water partition coefficient (Wildman–Crippen LogP) is 5.74. The van der Waals surface area contributed by atoms with Crippen molar-refractivity contribution < 1.29 is 0 Å². The first-order valence-electron chi connectivity index (χ1n) is 6.54. The molecule has 0 saturated heterocycles. The third-order valence-corrected chi connectivity index (χ3v) is 5.15. The van der Waals surface area contributed by atoms with Crippen molar-refractivity contribution in [2.24, 2.45) is 0 Å². The van der Waals surface area contributed by atoms with Crippen LogP contribution in [0.1, 0.15) is 32.8 Å². The van der Waals surface area contributed by atoms with Gasteiger partial charge in [-0.25, -0.2) is 0 Å². The fourth-order valence-corrected chi connectivity index (χ4v) is 3.66. The Balaban J connectivity index is 2.46. The van der Waals surface area contributed by atoms with Crippen molar-refractivity contribution >= 4 is 31.5 Å². The summed E-state index contributed by atoms with van der Waals surface area (Å²) in [6, 6.07) is 15.5. The zero-order chi connectivity index (χ0) is 12.8. The summed E-state index contributed by atoms with van der Waals surface area (Å²) in [6.07, 6.45) is 1.16. The third kappa shape index (κ3) is 1.65. The normalized spacial score (nSPS) is 12.4. The minimum Gasteiger partial charge on any atom is -0.135 e. The smallest absolute Gasteiger partial charge is 0.0358 e. The molecular weight excluding hydrogens is 236 g/mol. The Kier molecular flexibility index (Phi) is 2.67. The van der Waals surface area contributed by atoms with Gasteiger partial charge >= 0.3 is 0 Å². The van der Waals surface area contributed by atoms with Crippen LogP contribution in [0.2, 0.25) is 0 Å². The van der Waals surface area contributed by atoms with E-state index >= 15 is 0 Å². The Morgan fingerprint density at radius 2 is 1.67 bits per heavy atom. The summed E-state index contributed by atoms with van der Waals surface area (Å²) in [5.41, 5.74) is 1.73. The molecule has 3 rings (SSSR count). The zero-order valence-electron chi connectivity index (χ0n) is 11.2. The van der Waals surface area contributed by atoms with Crippen LogP contribution in [-0.4, -0.2) is 0 Å². The van der Waals surface area contributed by atoms with Gasteiger partial charge in [0.2, 0.25) is 0 Å². The van der Waals surface area contributed by atoms with Crippen LogP contribution >= 0.6 is 11.3 Å². The molecule has 1 heteroatoms. The summed E-state index contributed by atoms with van der Waals surface area (Å²) < 4.78 is 2.81. The fraction of sp³-hybridized carbons (Fsp3) is 0.294. The Morgan fingerprint density at radius 1 is 0.944 bits per heavy atom. The minimum absolute atomic E-state index is 0.239. The third-order valence-electron chi connectivity index (χ3n) is 4.02. The molecule has 0 spiro atoms. The lowest BCUT2D eigenvalue weighted by Gasteiger charge is -2.24.